The van der Waals surface area contributed by atoms with Crippen LogP contribution in [0.3, 0.4) is 0 Å². The van der Waals surface area contributed by atoms with Crippen molar-refractivity contribution in [3.05, 3.63) is 0 Å². The minimum atomic E-state index is -2.26. The zero-order chi connectivity index (χ0) is 8.32. The van der Waals surface area contributed by atoms with Crippen LogP contribution in [-0.4, -0.2) is 32.0 Å². The van der Waals surface area contributed by atoms with Gasteiger partial charge in [-0.25, -0.2) is 0 Å². The summed E-state index contributed by atoms with van der Waals surface area (Å²) >= 11 is 0. The topological polar surface area (TPSA) is 58.9 Å². The molecular formula is C5H13O4PSi. The van der Waals surface area contributed by atoms with E-state index in [4.69, 9.17) is 19.0 Å². The lowest BCUT2D eigenvalue weighted by atomic mass is 10.2. The van der Waals surface area contributed by atoms with E-state index < -0.39 is 14.0 Å². The Balaban J connectivity index is 2.37. The average Bonchev–Trinajstić information content (AvgIpc) is 1.85. The Morgan fingerprint density at radius 2 is 2.18 bits per heavy atom. The molecule has 0 amide bonds. The first-order valence-corrected chi connectivity index (χ1v) is 5.80. The molecule has 6 heteroatoms. The molecule has 0 aliphatic carbocycles. The lowest BCUT2D eigenvalue weighted by molar-refractivity contribution is -0.147. The molecule has 0 radical (unpaired) electrons. The molecule has 0 spiro atoms. The van der Waals surface area contributed by atoms with E-state index >= 15 is 0 Å². The molecule has 4 nitrogen and oxygen atoms in total. The monoisotopic (exact) mass is 196 g/mol. The molecule has 66 valence electrons. The van der Waals surface area contributed by atoms with E-state index in [2.05, 4.69) is 0 Å². The van der Waals surface area contributed by atoms with Crippen molar-refractivity contribution < 1.29 is 19.0 Å². The Morgan fingerprint density at radius 3 is 2.64 bits per heavy atom. The summed E-state index contributed by atoms with van der Waals surface area (Å²) in [5, 5.41) is 0. The first kappa shape index (κ1) is 9.57. The largest absolute Gasteiger partial charge is 0.354 e. The third kappa shape index (κ3) is 3.15. The van der Waals surface area contributed by atoms with E-state index in [-0.39, 0.29) is 0 Å². The lowest BCUT2D eigenvalue weighted by Crippen LogP contribution is -2.38. The maximum Gasteiger partial charge on any atom is 0.329 e. The van der Waals surface area contributed by atoms with Gasteiger partial charge in [0, 0.05) is 6.61 Å². The van der Waals surface area contributed by atoms with Crippen molar-refractivity contribution in [2.45, 2.75) is 24.7 Å². The van der Waals surface area contributed by atoms with Crippen LogP contribution in [-0.2, 0) is 9.26 Å². The Kier molecular flexibility index (Phi) is 3.43. The molecule has 0 aromatic carbocycles. The summed E-state index contributed by atoms with van der Waals surface area (Å²) in [6, 6.07) is 0. The summed E-state index contributed by atoms with van der Waals surface area (Å²) in [4.78, 5) is 17.2. The highest BCUT2D eigenvalue weighted by molar-refractivity contribution is 7.39. The van der Waals surface area contributed by atoms with Gasteiger partial charge in [-0.1, -0.05) is 0 Å². The molecule has 11 heavy (non-hydrogen) atoms. The summed E-state index contributed by atoms with van der Waals surface area (Å²) in [5.74, 6) is 0. The summed E-state index contributed by atoms with van der Waals surface area (Å²) in [5.41, 5.74) is -0.631. The van der Waals surface area contributed by atoms with Gasteiger partial charge in [0.15, 0.2) is 0 Å². The van der Waals surface area contributed by atoms with Gasteiger partial charge < -0.3 is 14.5 Å². The molecule has 1 unspecified atom stereocenters. The van der Waals surface area contributed by atoms with E-state index in [1.54, 1.807) is 0 Å². The van der Waals surface area contributed by atoms with Gasteiger partial charge in [-0.3, -0.25) is 4.52 Å². The van der Waals surface area contributed by atoms with Gasteiger partial charge in [-0.15, -0.1) is 0 Å². The second-order valence-corrected chi connectivity index (χ2v) is 5.00. The van der Waals surface area contributed by atoms with Gasteiger partial charge in [-0.05, 0) is 19.3 Å². The summed E-state index contributed by atoms with van der Waals surface area (Å²) < 4.78 is 10.2. The Morgan fingerprint density at radius 1 is 1.45 bits per heavy atom. The van der Waals surface area contributed by atoms with Crippen LogP contribution >= 0.6 is 8.60 Å². The van der Waals surface area contributed by atoms with E-state index in [0.29, 0.717) is 16.8 Å². The van der Waals surface area contributed by atoms with Crippen LogP contribution in [0.25, 0.3) is 0 Å². The molecule has 1 aliphatic heterocycles. The van der Waals surface area contributed by atoms with Crippen LogP contribution in [0.4, 0.5) is 0 Å². The van der Waals surface area contributed by atoms with Crippen molar-refractivity contribution in [3.8, 4) is 0 Å². The second-order valence-electron chi connectivity index (χ2n) is 2.78. The van der Waals surface area contributed by atoms with Crippen molar-refractivity contribution in [3.63, 3.8) is 0 Å². The van der Waals surface area contributed by atoms with E-state index in [1.807, 2.05) is 0 Å². The molecule has 0 saturated carbocycles. The number of hydrogen-bond donors (Lipinski definition) is 2. The average molecular weight is 196 g/mol. The number of rotatable bonds is 2. The SMILES string of the molecule is OP(O)OC1([SiH3])CCCCO1. The second kappa shape index (κ2) is 3.94. The third-order valence-electron chi connectivity index (χ3n) is 1.71. The molecule has 1 aliphatic rings. The first-order chi connectivity index (χ1) is 5.12. The quantitative estimate of drug-likeness (QED) is 0.459. The fourth-order valence-corrected chi connectivity index (χ4v) is 2.69. The van der Waals surface area contributed by atoms with Crippen LogP contribution in [0.5, 0.6) is 0 Å². The fourth-order valence-electron chi connectivity index (χ4n) is 1.15. The highest BCUT2D eigenvalue weighted by Crippen LogP contribution is 2.36. The lowest BCUT2D eigenvalue weighted by Gasteiger charge is -2.33. The molecule has 1 rings (SSSR count). The van der Waals surface area contributed by atoms with Crippen LogP contribution in [0.2, 0.25) is 0 Å². The third-order valence-corrected chi connectivity index (χ3v) is 3.59. The zero-order valence-electron chi connectivity index (χ0n) is 6.49. The van der Waals surface area contributed by atoms with Gasteiger partial charge in [-0.2, -0.15) is 0 Å². The predicted molar refractivity (Wildman–Crippen MR) is 44.9 cm³/mol. The molecule has 0 aromatic rings. The Labute approximate surface area is 69.9 Å². The van der Waals surface area contributed by atoms with Crippen molar-refractivity contribution in [2.24, 2.45) is 0 Å². The van der Waals surface area contributed by atoms with Crippen LogP contribution in [0.1, 0.15) is 19.3 Å². The Hall–Kier alpha value is 0.487. The molecule has 1 atom stereocenters. The maximum atomic E-state index is 8.61. The Bertz CT molecular complexity index is 126. The maximum absolute atomic E-state index is 8.61. The van der Waals surface area contributed by atoms with E-state index in [1.165, 1.54) is 0 Å². The zero-order valence-corrected chi connectivity index (χ0v) is 9.38. The molecule has 0 aromatic heterocycles. The number of ether oxygens (including phenoxy) is 1. The molecule has 1 heterocycles. The smallest absolute Gasteiger partial charge is 0.329 e. The molecule has 1 fully saturated rings. The highest BCUT2D eigenvalue weighted by atomic mass is 31.2. The van der Waals surface area contributed by atoms with Crippen molar-refractivity contribution in [1.82, 2.24) is 0 Å². The predicted octanol–water partition coefficient (Wildman–Crippen LogP) is -0.566. The normalized spacial score (nSPS) is 33.0. The minimum Gasteiger partial charge on any atom is -0.354 e. The summed E-state index contributed by atoms with van der Waals surface area (Å²) in [7, 11) is -1.58. The van der Waals surface area contributed by atoms with Crippen molar-refractivity contribution in [2.75, 3.05) is 6.61 Å². The van der Waals surface area contributed by atoms with Gasteiger partial charge in [0.25, 0.3) is 0 Å². The molecule has 1 saturated heterocycles. The summed E-state index contributed by atoms with van der Waals surface area (Å²) in [6.45, 7) is 0.673. The van der Waals surface area contributed by atoms with Gasteiger partial charge in [0.1, 0.15) is 5.41 Å². The standard InChI is InChI=1S/C5H13O4PSi/c6-10(7)9-5(11)3-1-2-4-8-5/h6-7H,1-4H2,11H3. The molecule has 0 bridgehead atoms. The van der Waals surface area contributed by atoms with Crippen LogP contribution in [0, 0.1) is 0 Å². The van der Waals surface area contributed by atoms with Crippen molar-refractivity contribution >= 4 is 18.8 Å². The van der Waals surface area contributed by atoms with Gasteiger partial charge in [0.05, 0.1) is 10.2 Å². The number of hydrogen-bond acceptors (Lipinski definition) is 4. The van der Waals surface area contributed by atoms with Crippen molar-refractivity contribution in [1.29, 1.82) is 0 Å². The fraction of sp³-hybridized carbons (Fsp3) is 1.00. The van der Waals surface area contributed by atoms with E-state index in [0.717, 1.165) is 19.3 Å². The molecule has 2 N–H and O–H groups in total. The summed E-state index contributed by atoms with van der Waals surface area (Å²) in [6.07, 6.45) is 2.88. The van der Waals surface area contributed by atoms with Crippen LogP contribution in [0.15, 0.2) is 0 Å². The minimum absolute atomic E-state index is 0.631. The van der Waals surface area contributed by atoms with Gasteiger partial charge >= 0.3 is 8.60 Å². The van der Waals surface area contributed by atoms with Gasteiger partial charge in [0.2, 0.25) is 0 Å². The highest BCUT2D eigenvalue weighted by Gasteiger charge is 2.30. The molecular weight excluding hydrogens is 183 g/mol. The van der Waals surface area contributed by atoms with E-state index in [9.17, 15) is 0 Å². The first-order valence-electron chi connectivity index (χ1n) is 3.63. The van der Waals surface area contributed by atoms with Crippen LogP contribution < -0.4 is 0 Å².